The monoisotopic (exact) mass is 289 g/mol. The van der Waals surface area contributed by atoms with Gasteiger partial charge in [0.1, 0.15) is 0 Å². The van der Waals surface area contributed by atoms with E-state index in [2.05, 4.69) is 13.0 Å². The Hall–Kier alpha value is -1.58. The average Bonchev–Trinajstić information content (AvgIpc) is 2.69. The van der Waals surface area contributed by atoms with Crippen molar-refractivity contribution in [1.29, 1.82) is 0 Å². The number of halogens is 1. The summed E-state index contributed by atoms with van der Waals surface area (Å²) in [5, 5.41) is 0.742. The summed E-state index contributed by atoms with van der Waals surface area (Å²) in [4.78, 5) is 0.473. The zero-order chi connectivity index (χ0) is 13.4. The Labute approximate surface area is 121 Å². The molecule has 0 aliphatic carbocycles. The van der Waals surface area contributed by atoms with Crippen LogP contribution in [0.1, 0.15) is 11.1 Å². The van der Waals surface area contributed by atoms with Crippen LogP contribution in [0.25, 0.3) is 11.1 Å². The maximum atomic E-state index is 6.20. The first-order chi connectivity index (χ1) is 9.15. The second-order valence-corrected chi connectivity index (χ2v) is 5.27. The van der Waals surface area contributed by atoms with Gasteiger partial charge >= 0.3 is 0 Å². The molecule has 1 aromatic heterocycles. The van der Waals surface area contributed by atoms with Crippen molar-refractivity contribution < 1.29 is 4.42 Å². The predicted molar refractivity (Wildman–Crippen MR) is 80.3 cm³/mol. The summed E-state index contributed by atoms with van der Waals surface area (Å²) in [6, 6.07) is 13.8. The molecule has 0 N–H and O–H groups in total. The Kier molecular flexibility index (Phi) is 3.17. The molecule has 0 fully saturated rings. The maximum Gasteiger partial charge on any atom is 0.269 e. The van der Waals surface area contributed by atoms with Crippen molar-refractivity contribution in [2.45, 2.75) is 13.5 Å². The van der Waals surface area contributed by atoms with Gasteiger partial charge in [0.15, 0.2) is 5.58 Å². The van der Waals surface area contributed by atoms with Crippen molar-refractivity contribution in [3.63, 3.8) is 0 Å². The summed E-state index contributed by atoms with van der Waals surface area (Å²) in [6.07, 6.45) is 0. The molecular weight excluding hydrogens is 278 g/mol. The smallest absolute Gasteiger partial charge is 0.269 e. The molecule has 1 heterocycles. The van der Waals surface area contributed by atoms with E-state index in [9.17, 15) is 0 Å². The highest BCUT2D eigenvalue weighted by molar-refractivity contribution is 7.71. The Bertz CT molecular complexity index is 803. The second kappa shape index (κ2) is 4.83. The van der Waals surface area contributed by atoms with Crippen LogP contribution < -0.4 is 0 Å². The Morgan fingerprint density at radius 2 is 2.00 bits per heavy atom. The van der Waals surface area contributed by atoms with Gasteiger partial charge in [-0.2, -0.15) is 0 Å². The highest BCUT2D eigenvalue weighted by Crippen LogP contribution is 2.22. The molecule has 0 unspecified atom stereocenters. The maximum absolute atomic E-state index is 6.20. The molecule has 19 heavy (non-hydrogen) atoms. The second-order valence-electron chi connectivity index (χ2n) is 4.52. The van der Waals surface area contributed by atoms with Gasteiger partial charge in [-0.1, -0.05) is 35.9 Å². The topological polar surface area (TPSA) is 18.1 Å². The molecule has 3 rings (SSSR count). The summed E-state index contributed by atoms with van der Waals surface area (Å²) in [6.45, 7) is 2.67. The molecule has 0 aliphatic heterocycles. The van der Waals surface area contributed by atoms with Crippen LogP contribution in [0.2, 0.25) is 5.02 Å². The third-order valence-electron chi connectivity index (χ3n) is 3.11. The number of aromatic nitrogens is 1. The zero-order valence-corrected chi connectivity index (χ0v) is 12.0. The molecule has 0 saturated carbocycles. The lowest BCUT2D eigenvalue weighted by atomic mass is 10.2. The van der Waals surface area contributed by atoms with Crippen LogP contribution in [-0.2, 0) is 6.54 Å². The van der Waals surface area contributed by atoms with Crippen molar-refractivity contribution in [3.05, 3.63) is 63.5 Å². The normalized spacial score (nSPS) is 11.1. The Morgan fingerprint density at radius 3 is 2.79 bits per heavy atom. The largest absolute Gasteiger partial charge is 0.429 e. The number of oxazole rings is 1. The highest BCUT2D eigenvalue weighted by Gasteiger charge is 2.09. The molecule has 0 atom stereocenters. The van der Waals surface area contributed by atoms with E-state index >= 15 is 0 Å². The number of rotatable bonds is 2. The molecule has 96 valence electrons. The first-order valence-corrected chi connectivity index (χ1v) is 6.77. The fraction of sp³-hybridized carbons (Fsp3) is 0.133. The molecule has 0 saturated heterocycles. The number of benzene rings is 2. The van der Waals surface area contributed by atoms with Crippen LogP contribution in [0.4, 0.5) is 0 Å². The van der Waals surface area contributed by atoms with E-state index in [0.29, 0.717) is 11.4 Å². The summed E-state index contributed by atoms with van der Waals surface area (Å²) in [5.74, 6) is 0. The molecule has 2 nitrogen and oxygen atoms in total. The van der Waals surface area contributed by atoms with E-state index in [1.54, 1.807) is 0 Å². The van der Waals surface area contributed by atoms with Gasteiger partial charge in [-0.25, -0.2) is 0 Å². The molecule has 2 aromatic carbocycles. The van der Waals surface area contributed by atoms with Gasteiger partial charge in [-0.15, -0.1) is 0 Å². The number of aryl methyl sites for hydroxylation is 1. The number of fused-ring (bicyclic) bond motifs is 1. The van der Waals surface area contributed by atoms with Gasteiger partial charge in [0.2, 0.25) is 0 Å². The number of hydrogen-bond donors (Lipinski definition) is 0. The zero-order valence-electron chi connectivity index (χ0n) is 10.4. The van der Waals surface area contributed by atoms with Crippen LogP contribution >= 0.6 is 23.8 Å². The first kappa shape index (κ1) is 12.5. The van der Waals surface area contributed by atoms with Gasteiger partial charge in [0.05, 0.1) is 12.1 Å². The lowest BCUT2D eigenvalue weighted by Gasteiger charge is -2.06. The molecule has 0 radical (unpaired) electrons. The van der Waals surface area contributed by atoms with Crippen LogP contribution in [0.3, 0.4) is 0 Å². The fourth-order valence-corrected chi connectivity index (χ4v) is 2.57. The Morgan fingerprint density at radius 1 is 1.21 bits per heavy atom. The van der Waals surface area contributed by atoms with Gasteiger partial charge < -0.3 is 4.42 Å². The Balaban J connectivity index is 2.15. The third-order valence-corrected chi connectivity index (χ3v) is 3.78. The van der Waals surface area contributed by atoms with Gasteiger partial charge in [-0.3, -0.25) is 4.57 Å². The van der Waals surface area contributed by atoms with Gasteiger partial charge in [-0.05, 0) is 48.5 Å². The van der Waals surface area contributed by atoms with E-state index in [1.165, 1.54) is 5.56 Å². The number of nitrogens with zero attached hydrogens (tertiary/aromatic N) is 1. The van der Waals surface area contributed by atoms with Crippen molar-refractivity contribution in [1.82, 2.24) is 4.57 Å². The molecule has 0 bridgehead atoms. The highest BCUT2D eigenvalue weighted by atomic mass is 35.5. The summed E-state index contributed by atoms with van der Waals surface area (Å²) in [7, 11) is 0. The van der Waals surface area contributed by atoms with Gasteiger partial charge in [0, 0.05) is 5.02 Å². The quantitative estimate of drug-likeness (QED) is 0.620. The fourth-order valence-electron chi connectivity index (χ4n) is 2.12. The van der Waals surface area contributed by atoms with E-state index in [1.807, 2.05) is 41.0 Å². The average molecular weight is 290 g/mol. The minimum absolute atomic E-state index is 0.473. The van der Waals surface area contributed by atoms with E-state index in [-0.39, 0.29) is 0 Å². The third kappa shape index (κ3) is 2.31. The molecule has 0 aliphatic rings. The van der Waals surface area contributed by atoms with E-state index < -0.39 is 0 Å². The predicted octanol–water partition coefficient (Wildman–Crippen LogP) is 4.97. The molecule has 4 heteroatoms. The first-order valence-electron chi connectivity index (χ1n) is 5.98. The van der Waals surface area contributed by atoms with Crippen LogP contribution in [0.15, 0.2) is 46.9 Å². The van der Waals surface area contributed by atoms with Crippen LogP contribution in [0.5, 0.6) is 0 Å². The minimum Gasteiger partial charge on any atom is -0.429 e. The van der Waals surface area contributed by atoms with Crippen molar-refractivity contribution in [3.8, 4) is 0 Å². The lowest BCUT2D eigenvalue weighted by Crippen LogP contribution is -2.00. The standard InChI is InChI=1S/C15H12ClNOS/c1-10-6-7-14-13(8-10)17(15(19)18-14)9-11-4-2-3-5-12(11)16/h2-8H,9H2,1H3. The summed E-state index contributed by atoms with van der Waals surface area (Å²) < 4.78 is 7.57. The minimum atomic E-state index is 0.473. The van der Waals surface area contributed by atoms with E-state index in [0.717, 1.165) is 21.7 Å². The molecule has 3 aromatic rings. The van der Waals surface area contributed by atoms with Crippen molar-refractivity contribution in [2.24, 2.45) is 0 Å². The van der Waals surface area contributed by atoms with Crippen LogP contribution in [-0.4, -0.2) is 4.57 Å². The number of hydrogen-bond acceptors (Lipinski definition) is 2. The lowest BCUT2D eigenvalue weighted by molar-refractivity contribution is 0.548. The van der Waals surface area contributed by atoms with Gasteiger partial charge in [0.25, 0.3) is 4.84 Å². The van der Waals surface area contributed by atoms with E-state index in [4.69, 9.17) is 28.2 Å². The summed E-state index contributed by atoms with van der Waals surface area (Å²) >= 11 is 11.5. The van der Waals surface area contributed by atoms with Crippen LogP contribution in [0, 0.1) is 11.8 Å². The summed E-state index contributed by atoms with van der Waals surface area (Å²) in [5.41, 5.74) is 4.02. The molecular formula is C15H12ClNOS. The van der Waals surface area contributed by atoms with Crippen molar-refractivity contribution in [2.75, 3.05) is 0 Å². The van der Waals surface area contributed by atoms with Crippen molar-refractivity contribution >= 4 is 34.9 Å². The molecule has 0 amide bonds. The molecule has 0 spiro atoms. The SMILES string of the molecule is Cc1ccc2oc(=S)n(Cc3ccccc3Cl)c2c1.